The number of ether oxygens (including phenoxy) is 1. The van der Waals surface area contributed by atoms with Crippen molar-refractivity contribution in [2.45, 2.75) is 13.8 Å². The summed E-state index contributed by atoms with van der Waals surface area (Å²) < 4.78 is 4.88. The van der Waals surface area contributed by atoms with E-state index in [0.29, 0.717) is 10.6 Å². The maximum atomic E-state index is 12.6. The molecule has 11 heteroatoms. The molecular formula is C20H14Cl4N2O5. The van der Waals surface area contributed by atoms with Gasteiger partial charge >= 0.3 is 5.97 Å². The van der Waals surface area contributed by atoms with Gasteiger partial charge in [-0.1, -0.05) is 52.5 Å². The van der Waals surface area contributed by atoms with Crippen LogP contribution in [0.2, 0.25) is 20.1 Å². The number of fused-ring (bicyclic) bond motifs is 1. The highest BCUT2D eigenvalue weighted by atomic mass is 35.5. The van der Waals surface area contributed by atoms with E-state index in [-0.39, 0.29) is 31.2 Å². The number of amides is 3. The molecule has 0 aromatic heterocycles. The van der Waals surface area contributed by atoms with Gasteiger partial charge in [0.05, 0.1) is 31.2 Å². The van der Waals surface area contributed by atoms with Gasteiger partial charge in [-0.15, -0.1) is 0 Å². The van der Waals surface area contributed by atoms with Crippen LogP contribution in [0.5, 0.6) is 0 Å². The van der Waals surface area contributed by atoms with E-state index in [0.717, 1.165) is 11.1 Å². The molecule has 1 aliphatic rings. The van der Waals surface area contributed by atoms with Gasteiger partial charge in [-0.05, 0) is 37.1 Å². The molecule has 0 atom stereocenters. The van der Waals surface area contributed by atoms with E-state index in [1.54, 1.807) is 12.1 Å². The molecule has 0 saturated heterocycles. The minimum atomic E-state index is -0.978. The summed E-state index contributed by atoms with van der Waals surface area (Å²) in [6.07, 6.45) is 0. The predicted octanol–water partition coefficient (Wildman–Crippen LogP) is 4.69. The van der Waals surface area contributed by atoms with Gasteiger partial charge in [0.15, 0.2) is 6.61 Å². The minimum Gasteiger partial charge on any atom is -0.454 e. The molecule has 0 radical (unpaired) electrons. The third kappa shape index (κ3) is 4.50. The quantitative estimate of drug-likeness (QED) is 0.276. The number of nitrogens with one attached hydrogen (secondary N) is 1. The number of anilines is 1. The fourth-order valence-corrected chi connectivity index (χ4v) is 3.89. The van der Waals surface area contributed by atoms with Crippen molar-refractivity contribution < 1.29 is 23.9 Å². The molecule has 0 bridgehead atoms. The Bertz CT molecular complexity index is 1100. The number of carbonyl (C=O) groups is 4. The highest BCUT2D eigenvalue weighted by molar-refractivity contribution is 6.55. The molecule has 2 aromatic rings. The van der Waals surface area contributed by atoms with Crippen LogP contribution in [0.1, 0.15) is 31.8 Å². The van der Waals surface area contributed by atoms with Crippen LogP contribution >= 0.6 is 46.4 Å². The second-order valence-electron chi connectivity index (χ2n) is 6.71. The van der Waals surface area contributed by atoms with E-state index in [1.165, 1.54) is 0 Å². The standard InChI is InChI=1S/C20H14Cl4N2O5/c1-8-3-4-10(5-9(8)2)25-11(27)7-31-12(28)6-26-19(29)13-14(20(26)30)16(22)18(24)17(23)15(13)21/h3-5H,6-7H2,1-2H3,(H,25,27). The summed E-state index contributed by atoms with van der Waals surface area (Å²) in [4.78, 5) is 49.9. The van der Waals surface area contributed by atoms with Crippen LogP contribution in [0.25, 0.3) is 0 Å². The zero-order chi connectivity index (χ0) is 23.0. The normalized spacial score (nSPS) is 12.8. The van der Waals surface area contributed by atoms with Crippen LogP contribution in [0.4, 0.5) is 5.69 Å². The zero-order valence-corrected chi connectivity index (χ0v) is 19.2. The Kier molecular flexibility index (Phi) is 6.81. The van der Waals surface area contributed by atoms with E-state index < -0.39 is 36.8 Å². The second-order valence-corrected chi connectivity index (χ2v) is 8.22. The molecule has 0 aliphatic carbocycles. The van der Waals surface area contributed by atoms with Gasteiger partial charge in [0.25, 0.3) is 17.7 Å². The first-order valence-electron chi connectivity index (χ1n) is 8.77. The van der Waals surface area contributed by atoms with Crippen LogP contribution in [0.15, 0.2) is 18.2 Å². The average molecular weight is 504 g/mol. The van der Waals surface area contributed by atoms with E-state index in [9.17, 15) is 19.2 Å². The molecule has 0 spiro atoms. The highest BCUT2D eigenvalue weighted by Gasteiger charge is 2.42. The van der Waals surface area contributed by atoms with Crippen molar-refractivity contribution in [1.82, 2.24) is 4.90 Å². The number of aryl methyl sites for hydroxylation is 2. The van der Waals surface area contributed by atoms with Gasteiger partial charge in [0, 0.05) is 5.69 Å². The molecule has 0 unspecified atom stereocenters. The molecule has 7 nitrogen and oxygen atoms in total. The first-order valence-corrected chi connectivity index (χ1v) is 10.3. The van der Waals surface area contributed by atoms with Crippen molar-refractivity contribution in [3.63, 3.8) is 0 Å². The van der Waals surface area contributed by atoms with Gasteiger partial charge in [0.1, 0.15) is 6.54 Å². The monoisotopic (exact) mass is 502 g/mol. The van der Waals surface area contributed by atoms with Crippen LogP contribution in [-0.2, 0) is 14.3 Å². The Morgan fingerprint density at radius 1 is 0.903 bits per heavy atom. The van der Waals surface area contributed by atoms with Crippen molar-refractivity contribution in [3.05, 3.63) is 60.5 Å². The van der Waals surface area contributed by atoms with Crippen LogP contribution in [0.3, 0.4) is 0 Å². The van der Waals surface area contributed by atoms with Crippen molar-refractivity contribution in [2.75, 3.05) is 18.5 Å². The molecule has 3 rings (SSSR count). The average Bonchev–Trinajstić information content (AvgIpc) is 2.96. The van der Waals surface area contributed by atoms with E-state index >= 15 is 0 Å². The number of benzene rings is 2. The lowest BCUT2D eigenvalue weighted by Crippen LogP contribution is -2.36. The summed E-state index contributed by atoms with van der Waals surface area (Å²) in [5, 5.41) is 1.75. The topological polar surface area (TPSA) is 92.8 Å². The summed E-state index contributed by atoms with van der Waals surface area (Å²) >= 11 is 23.9. The Hall–Kier alpha value is -2.32. The Balaban J connectivity index is 1.64. The molecule has 1 N–H and O–H groups in total. The molecular weight excluding hydrogens is 490 g/mol. The van der Waals surface area contributed by atoms with Gasteiger partial charge < -0.3 is 10.1 Å². The van der Waals surface area contributed by atoms with E-state index in [4.69, 9.17) is 51.1 Å². The van der Waals surface area contributed by atoms with Crippen LogP contribution < -0.4 is 5.32 Å². The molecule has 31 heavy (non-hydrogen) atoms. The van der Waals surface area contributed by atoms with Crippen molar-refractivity contribution in [1.29, 1.82) is 0 Å². The number of esters is 1. The van der Waals surface area contributed by atoms with Gasteiger partial charge in [-0.2, -0.15) is 0 Å². The predicted molar refractivity (Wildman–Crippen MR) is 117 cm³/mol. The molecule has 162 valence electrons. The molecule has 1 heterocycles. The van der Waals surface area contributed by atoms with E-state index in [1.807, 2.05) is 19.9 Å². The molecule has 1 aliphatic heterocycles. The van der Waals surface area contributed by atoms with Crippen molar-refractivity contribution in [2.24, 2.45) is 0 Å². The zero-order valence-electron chi connectivity index (χ0n) is 16.1. The number of halogens is 4. The molecule has 0 saturated carbocycles. The summed E-state index contributed by atoms with van der Waals surface area (Å²) in [5.74, 6) is -3.30. The highest BCUT2D eigenvalue weighted by Crippen LogP contribution is 2.44. The van der Waals surface area contributed by atoms with Gasteiger partial charge in [-0.3, -0.25) is 24.1 Å². The Morgan fingerprint density at radius 3 is 1.97 bits per heavy atom. The third-order valence-corrected chi connectivity index (χ3v) is 6.43. The first kappa shape index (κ1) is 23.3. The number of carbonyl (C=O) groups excluding carboxylic acids is 4. The first-order chi connectivity index (χ1) is 14.5. The number of hydrogen-bond acceptors (Lipinski definition) is 5. The lowest BCUT2D eigenvalue weighted by atomic mass is 10.1. The van der Waals surface area contributed by atoms with Gasteiger partial charge in [0.2, 0.25) is 0 Å². The Labute approximate surface area is 197 Å². The maximum absolute atomic E-state index is 12.6. The maximum Gasteiger partial charge on any atom is 0.326 e. The van der Waals surface area contributed by atoms with Gasteiger partial charge in [-0.25, -0.2) is 0 Å². The summed E-state index contributed by atoms with van der Waals surface area (Å²) in [5.41, 5.74) is 2.10. The number of rotatable bonds is 5. The number of nitrogens with zero attached hydrogens (tertiary/aromatic N) is 1. The smallest absolute Gasteiger partial charge is 0.326 e. The summed E-state index contributed by atoms with van der Waals surface area (Å²) in [7, 11) is 0. The SMILES string of the molecule is Cc1ccc(NC(=O)COC(=O)CN2C(=O)c3c(Cl)c(Cl)c(Cl)c(Cl)c3C2=O)cc1C. The number of hydrogen-bond donors (Lipinski definition) is 1. The summed E-state index contributed by atoms with van der Waals surface area (Å²) in [6, 6.07) is 5.33. The fourth-order valence-electron chi connectivity index (χ4n) is 2.88. The van der Waals surface area contributed by atoms with Crippen LogP contribution in [-0.4, -0.2) is 41.7 Å². The summed E-state index contributed by atoms with van der Waals surface area (Å²) in [6.45, 7) is 2.48. The molecule has 0 fully saturated rings. The third-order valence-electron chi connectivity index (χ3n) is 4.63. The number of imide groups is 1. The van der Waals surface area contributed by atoms with E-state index in [2.05, 4.69) is 5.32 Å². The lowest BCUT2D eigenvalue weighted by Gasteiger charge is -2.13. The lowest BCUT2D eigenvalue weighted by molar-refractivity contribution is -0.147. The van der Waals surface area contributed by atoms with Crippen molar-refractivity contribution >= 4 is 75.8 Å². The van der Waals surface area contributed by atoms with Crippen LogP contribution in [0, 0.1) is 13.8 Å². The largest absolute Gasteiger partial charge is 0.454 e. The molecule has 2 aromatic carbocycles. The van der Waals surface area contributed by atoms with Crippen molar-refractivity contribution in [3.8, 4) is 0 Å². The fraction of sp³-hybridized carbons (Fsp3) is 0.200. The second kappa shape index (κ2) is 9.04. The minimum absolute atomic E-state index is 0.180. The molecule has 3 amide bonds. The Morgan fingerprint density at radius 2 is 1.45 bits per heavy atom.